The van der Waals surface area contributed by atoms with E-state index in [4.69, 9.17) is 16.3 Å². The quantitative estimate of drug-likeness (QED) is 0.333. The molecule has 0 amide bonds. The van der Waals surface area contributed by atoms with Crippen molar-refractivity contribution in [2.24, 2.45) is 0 Å². The summed E-state index contributed by atoms with van der Waals surface area (Å²) in [4.78, 5) is 12.4. The van der Waals surface area contributed by atoms with Crippen LogP contribution in [0.2, 0.25) is 5.02 Å². The first-order chi connectivity index (χ1) is 13.9. The molecular weight excluding hydrogens is 413 g/mol. The number of carbonyl (C=O) groups excluding carboxylic acids is 1. The van der Waals surface area contributed by atoms with Gasteiger partial charge in [0.2, 0.25) is 0 Å². The van der Waals surface area contributed by atoms with Crippen molar-refractivity contribution in [2.45, 2.75) is 38.1 Å². The lowest BCUT2D eigenvalue weighted by atomic mass is 10.1. The Morgan fingerprint density at radius 2 is 1.83 bits per heavy atom. The molecule has 1 atom stereocenters. The number of para-hydroxylation sites is 1. The zero-order valence-electron chi connectivity index (χ0n) is 16.3. The number of rotatable bonds is 8. The van der Waals surface area contributed by atoms with E-state index in [0.29, 0.717) is 21.6 Å². The fourth-order valence-electron chi connectivity index (χ4n) is 2.78. The molecular formula is C21H21ClFN3O2S. The predicted octanol–water partition coefficient (Wildman–Crippen LogP) is 5.77. The summed E-state index contributed by atoms with van der Waals surface area (Å²) in [5.41, 5.74) is 0.592. The van der Waals surface area contributed by atoms with Gasteiger partial charge in [0.15, 0.2) is 34.4 Å². The number of Topliss-reactive ketones (excluding diaryl/α,β-unsaturated/α-hetero) is 1. The van der Waals surface area contributed by atoms with E-state index in [2.05, 4.69) is 10.2 Å². The molecule has 29 heavy (non-hydrogen) atoms. The number of ketones is 1. The maximum atomic E-state index is 13.9. The second-order valence-corrected chi connectivity index (χ2v) is 8.09. The molecule has 0 saturated heterocycles. The van der Waals surface area contributed by atoms with Crippen LogP contribution in [0.15, 0.2) is 53.7 Å². The first-order valence-corrected chi connectivity index (χ1v) is 10.5. The van der Waals surface area contributed by atoms with Crippen molar-refractivity contribution in [1.82, 2.24) is 14.8 Å². The molecule has 0 aliphatic heterocycles. The summed E-state index contributed by atoms with van der Waals surface area (Å²) in [5.74, 6) is 0.491. The van der Waals surface area contributed by atoms with Crippen LogP contribution in [0.25, 0.3) is 0 Å². The zero-order valence-corrected chi connectivity index (χ0v) is 17.9. The lowest BCUT2D eigenvalue weighted by molar-refractivity contribution is 0.102. The van der Waals surface area contributed by atoms with Gasteiger partial charge in [-0.1, -0.05) is 35.5 Å². The van der Waals surface area contributed by atoms with E-state index < -0.39 is 11.9 Å². The number of halogens is 2. The van der Waals surface area contributed by atoms with E-state index in [1.165, 1.54) is 17.8 Å². The number of ether oxygens (including phenoxy) is 1. The minimum Gasteiger partial charge on any atom is -0.480 e. The lowest BCUT2D eigenvalue weighted by Gasteiger charge is -2.19. The monoisotopic (exact) mass is 433 g/mol. The maximum Gasteiger partial charge on any atom is 0.192 e. The van der Waals surface area contributed by atoms with E-state index in [0.717, 1.165) is 0 Å². The Hall–Kier alpha value is -2.38. The van der Waals surface area contributed by atoms with Gasteiger partial charge in [0.05, 0.1) is 5.75 Å². The molecule has 152 valence electrons. The lowest BCUT2D eigenvalue weighted by Crippen LogP contribution is -2.15. The summed E-state index contributed by atoms with van der Waals surface area (Å²) in [5, 5.41) is 9.67. The van der Waals surface area contributed by atoms with Crippen molar-refractivity contribution in [1.29, 1.82) is 0 Å². The predicted molar refractivity (Wildman–Crippen MR) is 112 cm³/mol. The maximum absolute atomic E-state index is 13.9. The third kappa shape index (κ3) is 5.16. The average Bonchev–Trinajstić information content (AvgIpc) is 3.13. The molecule has 0 N–H and O–H groups in total. The molecule has 8 heteroatoms. The van der Waals surface area contributed by atoms with Gasteiger partial charge in [-0.25, -0.2) is 4.39 Å². The Balaban J connectivity index is 1.75. The van der Waals surface area contributed by atoms with Crippen LogP contribution in [0, 0.1) is 5.82 Å². The van der Waals surface area contributed by atoms with Gasteiger partial charge in [0.25, 0.3) is 0 Å². The molecule has 1 unspecified atom stereocenters. The van der Waals surface area contributed by atoms with Gasteiger partial charge >= 0.3 is 0 Å². The molecule has 0 bridgehead atoms. The number of hydrogen-bond donors (Lipinski definition) is 0. The standard InChI is InChI=1S/C21H21ClFN3O2S/c1-13(2)26-20(14(3)28-19-7-5-4-6-17(19)23)24-25-21(26)29-12-18(27)15-8-10-16(22)11-9-15/h4-11,13-14H,12H2,1-3H3. The van der Waals surface area contributed by atoms with Crippen LogP contribution in [-0.2, 0) is 0 Å². The molecule has 5 nitrogen and oxygen atoms in total. The van der Waals surface area contributed by atoms with E-state index in [9.17, 15) is 9.18 Å². The highest BCUT2D eigenvalue weighted by Gasteiger charge is 2.23. The van der Waals surface area contributed by atoms with E-state index in [1.807, 2.05) is 18.4 Å². The highest BCUT2D eigenvalue weighted by molar-refractivity contribution is 7.99. The SMILES string of the molecule is CC(Oc1ccccc1F)c1nnc(SCC(=O)c2ccc(Cl)cc2)n1C(C)C. The van der Waals surface area contributed by atoms with Crippen molar-refractivity contribution in [3.63, 3.8) is 0 Å². The Bertz CT molecular complexity index is 992. The first-order valence-electron chi connectivity index (χ1n) is 9.14. The second-order valence-electron chi connectivity index (χ2n) is 6.71. The third-order valence-electron chi connectivity index (χ3n) is 4.21. The largest absolute Gasteiger partial charge is 0.480 e. The molecule has 0 spiro atoms. The summed E-state index contributed by atoms with van der Waals surface area (Å²) in [6.45, 7) is 5.78. The van der Waals surface area contributed by atoms with E-state index in [-0.39, 0.29) is 23.3 Å². The first kappa shape index (κ1) is 21.3. The molecule has 0 saturated carbocycles. The summed E-state index contributed by atoms with van der Waals surface area (Å²) in [7, 11) is 0. The highest BCUT2D eigenvalue weighted by Crippen LogP contribution is 2.29. The topological polar surface area (TPSA) is 57.0 Å². The van der Waals surface area contributed by atoms with Gasteiger partial charge in [0, 0.05) is 16.6 Å². The van der Waals surface area contributed by atoms with Crippen LogP contribution in [-0.4, -0.2) is 26.3 Å². The van der Waals surface area contributed by atoms with Crippen LogP contribution in [0.4, 0.5) is 4.39 Å². The molecule has 3 rings (SSSR count). The Morgan fingerprint density at radius 3 is 2.48 bits per heavy atom. The molecule has 2 aromatic carbocycles. The molecule has 0 aliphatic rings. The molecule has 0 radical (unpaired) electrons. The van der Waals surface area contributed by atoms with Crippen LogP contribution in [0.1, 0.15) is 49.1 Å². The molecule has 1 heterocycles. The van der Waals surface area contributed by atoms with Gasteiger partial charge in [-0.2, -0.15) is 0 Å². The van der Waals surface area contributed by atoms with Gasteiger partial charge < -0.3 is 9.30 Å². The van der Waals surface area contributed by atoms with Crippen molar-refractivity contribution in [3.8, 4) is 5.75 Å². The molecule has 0 aliphatic carbocycles. The summed E-state index contributed by atoms with van der Waals surface area (Å²) < 4.78 is 21.6. The fraction of sp³-hybridized carbons (Fsp3) is 0.286. The van der Waals surface area contributed by atoms with Crippen molar-refractivity contribution in [2.75, 3.05) is 5.75 Å². The second kappa shape index (κ2) is 9.41. The number of benzene rings is 2. The molecule has 3 aromatic rings. The van der Waals surface area contributed by atoms with Crippen LogP contribution in [0.5, 0.6) is 5.75 Å². The zero-order chi connectivity index (χ0) is 21.0. The summed E-state index contributed by atoms with van der Waals surface area (Å²) >= 11 is 7.18. The van der Waals surface area contributed by atoms with Gasteiger partial charge in [-0.15, -0.1) is 10.2 Å². The van der Waals surface area contributed by atoms with Gasteiger partial charge in [-0.05, 0) is 57.2 Å². The van der Waals surface area contributed by atoms with Crippen LogP contribution in [0.3, 0.4) is 0 Å². The minimum atomic E-state index is -0.511. The van der Waals surface area contributed by atoms with E-state index in [1.54, 1.807) is 49.4 Å². The van der Waals surface area contributed by atoms with E-state index >= 15 is 0 Å². The number of thioether (sulfide) groups is 1. The average molecular weight is 434 g/mol. The third-order valence-corrected chi connectivity index (χ3v) is 5.40. The Morgan fingerprint density at radius 1 is 1.14 bits per heavy atom. The normalized spacial score (nSPS) is 12.2. The molecule has 0 fully saturated rings. The molecule has 1 aromatic heterocycles. The Labute approximate surface area is 178 Å². The number of aromatic nitrogens is 3. The summed E-state index contributed by atoms with van der Waals surface area (Å²) in [6.07, 6.45) is -0.511. The smallest absolute Gasteiger partial charge is 0.192 e. The van der Waals surface area contributed by atoms with Crippen molar-refractivity contribution in [3.05, 3.63) is 70.8 Å². The Kier molecular flexibility index (Phi) is 6.92. The number of nitrogens with zero attached hydrogens (tertiary/aromatic N) is 3. The number of hydrogen-bond acceptors (Lipinski definition) is 5. The van der Waals surface area contributed by atoms with Crippen LogP contribution >= 0.6 is 23.4 Å². The van der Waals surface area contributed by atoms with Crippen molar-refractivity contribution < 1.29 is 13.9 Å². The van der Waals surface area contributed by atoms with Gasteiger partial charge in [0.1, 0.15) is 0 Å². The van der Waals surface area contributed by atoms with Gasteiger partial charge in [-0.3, -0.25) is 4.79 Å². The summed E-state index contributed by atoms with van der Waals surface area (Å²) in [6, 6.07) is 13.1. The minimum absolute atomic E-state index is 0.0258. The van der Waals surface area contributed by atoms with Crippen molar-refractivity contribution >= 4 is 29.1 Å². The van der Waals surface area contributed by atoms with Crippen LogP contribution < -0.4 is 4.74 Å². The number of carbonyl (C=O) groups is 1. The highest BCUT2D eigenvalue weighted by atomic mass is 35.5. The fourth-order valence-corrected chi connectivity index (χ4v) is 3.88.